The van der Waals surface area contributed by atoms with Crippen molar-refractivity contribution in [1.29, 1.82) is 0 Å². The van der Waals surface area contributed by atoms with Gasteiger partial charge < -0.3 is 10.3 Å². The summed E-state index contributed by atoms with van der Waals surface area (Å²) in [5.41, 5.74) is 0.00183. The van der Waals surface area contributed by atoms with Crippen molar-refractivity contribution in [1.82, 2.24) is 14.9 Å². The second-order valence-corrected chi connectivity index (χ2v) is 5.96. The summed E-state index contributed by atoms with van der Waals surface area (Å²) in [5, 5.41) is 3.04. The van der Waals surface area contributed by atoms with Gasteiger partial charge in [0.2, 0.25) is 0 Å². The maximum Gasteiger partial charge on any atom is 0.328 e. The van der Waals surface area contributed by atoms with Gasteiger partial charge in [0.15, 0.2) is 0 Å². The number of rotatable bonds is 4. The SMILES string of the molecule is CCn1c(=O)[nH]c2cc(C(=O)N[C@H](C)c3ccccc3F)ccc2c1=O. The fraction of sp³-hybridized carbons (Fsp3) is 0.211. The molecule has 0 unspecified atom stereocenters. The van der Waals surface area contributed by atoms with Gasteiger partial charge in [-0.15, -0.1) is 0 Å². The van der Waals surface area contributed by atoms with Gasteiger partial charge in [0.05, 0.1) is 16.9 Å². The highest BCUT2D eigenvalue weighted by Crippen LogP contribution is 2.17. The first kappa shape index (κ1) is 17.6. The average Bonchev–Trinajstić information content (AvgIpc) is 2.61. The summed E-state index contributed by atoms with van der Waals surface area (Å²) in [6.07, 6.45) is 0. The first-order chi connectivity index (χ1) is 12.4. The number of H-pyrrole nitrogens is 1. The summed E-state index contributed by atoms with van der Waals surface area (Å²) in [7, 11) is 0. The van der Waals surface area contributed by atoms with E-state index in [-0.39, 0.29) is 17.6 Å². The van der Waals surface area contributed by atoms with Crippen LogP contribution in [0, 0.1) is 5.82 Å². The molecule has 3 rings (SSSR count). The number of aromatic nitrogens is 2. The molecule has 7 heteroatoms. The van der Waals surface area contributed by atoms with E-state index in [1.165, 1.54) is 24.3 Å². The van der Waals surface area contributed by atoms with Crippen LogP contribution in [0.1, 0.15) is 35.8 Å². The van der Waals surface area contributed by atoms with Crippen molar-refractivity contribution >= 4 is 16.8 Å². The fourth-order valence-electron chi connectivity index (χ4n) is 2.87. The zero-order valence-electron chi connectivity index (χ0n) is 14.4. The van der Waals surface area contributed by atoms with Crippen LogP contribution in [0.5, 0.6) is 0 Å². The summed E-state index contributed by atoms with van der Waals surface area (Å²) >= 11 is 0. The van der Waals surface area contributed by atoms with Gasteiger partial charge in [0, 0.05) is 17.7 Å². The molecule has 0 radical (unpaired) electrons. The summed E-state index contributed by atoms with van der Waals surface area (Å²) in [6.45, 7) is 3.64. The zero-order chi connectivity index (χ0) is 18.8. The first-order valence-corrected chi connectivity index (χ1v) is 8.24. The molecule has 3 aromatic rings. The lowest BCUT2D eigenvalue weighted by Crippen LogP contribution is -2.34. The number of fused-ring (bicyclic) bond motifs is 1. The minimum absolute atomic E-state index is 0.256. The minimum atomic E-state index is -0.536. The van der Waals surface area contributed by atoms with Crippen molar-refractivity contribution < 1.29 is 9.18 Å². The summed E-state index contributed by atoms with van der Waals surface area (Å²) in [5.74, 6) is -0.827. The first-order valence-electron chi connectivity index (χ1n) is 8.24. The lowest BCUT2D eigenvalue weighted by atomic mass is 10.1. The van der Waals surface area contributed by atoms with E-state index < -0.39 is 29.0 Å². The Bertz CT molecular complexity index is 1100. The largest absolute Gasteiger partial charge is 0.345 e. The molecule has 0 bridgehead atoms. The van der Waals surface area contributed by atoms with E-state index in [2.05, 4.69) is 10.3 Å². The third-order valence-corrected chi connectivity index (χ3v) is 4.28. The summed E-state index contributed by atoms with van der Waals surface area (Å²) < 4.78 is 14.9. The molecule has 2 aromatic carbocycles. The Morgan fingerprint density at radius 3 is 2.65 bits per heavy atom. The second kappa shape index (κ2) is 6.95. The molecule has 0 saturated carbocycles. The molecule has 1 aromatic heterocycles. The third-order valence-electron chi connectivity index (χ3n) is 4.28. The molecule has 0 spiro atoms. The van der Waals surface area contributed by atoms with Crippen molar-refractivity contribution in [2.75, 3.05) is 0 Å². The van der Waals surface area contributed by atoms with Gasteiger partial charge in [-0.1, -0.05) is 18.2 Å². The molecular formula is C19H18FN3O3. The molecule has 0 saturated heterocycles. The van der Waals surface area contributed by atoms with E-state index in [9.17, 15) is 18.8 Å². The maximum atomic E-state index is 13.8. The van der Waals surface area contributed by atoms with Gasteiger partial charge in [0.25, 0.3) is 11.5 Å². The Hall–Kier alpha value is -3.22. The normalized spacial score (nSPS) is 12.1. The predicted octanol–water partition coefficient (Wildman–Crippen LogP) is 2.34. The summed E-state index contributed by atoms with van der Waals surface area (Å²) in [4.78, 5) is 39.3. The van der Waals surface area contributed by atoms with E-state index in [0.29, 0.717) is 10.9 Å². The van der Waals surface area contributed by atoms with Gasteiger partial charge in [-0.2, -0.15) is 0 Å². The molecule has 1 atom stereocenters. The van der Waals surface area contributed by atoms with Crippen molar-refractivity contribution in [3.63, 3.8) is 0 Å². The van der Waals surface area contributed by atoms with E-state index in [4.69, 9.17) is 0 Å². The Balaban J connectivity index is 1.93. The highest BCUT2D eigenvalue weighted by Gasteiger charge is 2.15. The number of halogens is 1. The molecule has 1 amide bonds. The number of nitrogens with zero attached hydrogens (tertiary/aromatic N) is 1. The van der Waals surface area contributed by atoms with Crippen LogP contribution < -0.4 is 16.6 Å². The number of hydrogen-bond donors (Lipinski definition) is 2. The lowest BCUT2D eigenvalue weighted by Gasteiger charge is -2.15. The maximum absolute atomic E-state index is 13.8. The third kappa shape index (κ3) is 3.15. The number of nitrogens with one attached hydrogen (secondary N) is 2. The monoisotopic (exact) mass is 355 g/mol. The van der Waals surface area contributed by atoms with Crippen LogP contribution in [0.25, 0.3) is 10.9 Å². The number of benzene rings is 2. The van der Waals surface area contributed by atoms with Crippen LogP contribution in [-0.2, 0) is 6.54 Å². The van der Waals surface area contributed by atoms with Crippen LogP contribution in [0.15, 0.2) is 52.1 Å². The highest BCUT2D eigenvalue weighted by atomic mass is 19.1. The number of carbonyl (C=O) groups excluding carboxylic acids is 1. The molecule has 26 heavy (non-hydrogen) atoms. The smallest absolute Gasteiger partial charge is 0.328 e. The number of hydrogen-bond acceptors (Lipinski definition) is 3. The average molecular weight is 355 g/mol. The number of carbonyl (C=O) groups is 1. The molecular weight excluding hydrogens is 337 g/mol. The van der Waals surface area contributed by atoms with Gasteiger partial charge in [-0.3, -0.25) is 14.2 Å². The van der Waals surface area contributed by atoms with Crippen LogP contribution in [-0.4, -0.2) is 15.5 Å². The zero-order valence-corrected chi connectivity index (χ0v) is 14.4. The fourth-order valence-corrected chi connectivity index (χ4v) is 2.87. The van der Waals surface area contributed by atoms with Crippen LogP contribution in [0.2, 0.25) is 0 Å². The topological polar surface area (TPSA) is 84.0 Å². The minimum Gasteiger partial charge on any atom is -0.345 e. The number of amides is 1. The Kier molecular flexibility index (Phi) is 4.71. The van der Waals surface area contributed by atoms with Crippen molar-refractivity contribution in [2.24, 2.45) is 0 Å². The van der Waals surface area contributed by atoms with E-state index in [1.54, 1.807) is 32.0 Å². The number of aromatic amines is 1. The van der Waals surface area contributed by atoms with Crippen molar-refractivity contribution in [3.05, 3.63) is 80.2 Å². The Labute approximate surface area is 148 Å². The molecule has 2 N–H and O–H groups in total. The Morgan fingerprint density at radius 1 is 1.23 bits per heavy atom. The lowest BCUT2D eigenvalue weighted by molar-refractivity contribution is 0.0939. The van der Waals surface area contributed by atoms with Crippen LogP contribution >= 0.6 is 0 Å². The molecule has 6 nitrogen and oxygen atoms in total. The van der Waals surface area contributed by atoms with Crippen LogP contribution in [0.3, 0.4) is 0 Å². The second-order valence-electron chi connectivity index (χ2n) is 5.96. The summed E-state index contributed by atoms with van der Waals surface area (Å²) in [6, 6.07) is 10.1. The standard InChI is InChI=1S/C19H18FN3O3/c1-3-23-18(25)14-9-8-12(10-16(14)22-19(23)26)17(24)21-11(2)13-6-4-5-7-15(13)20/h4-11H,3H2,1-2H3,(H,21,24)(H,22,26)/t11-/m1/s1. The molecule has 0 fully saturated rings. The molecule has 0 aliphatic carbocycles. The van der Waals surface area contributed by atoms with Crippen LogP contribution in [0.4, 0.5) is 4.39 Å². The van der Waals surface area contributed by atoms with Gasteiger partial charge in [-0.25, -0.2) is 9.18 Å². The van der Waals surface area contributed by atoms with Crippen molar-refractivity contribution in [2.45, 2.75) is 26.4 Å². The molecule has 1 heterocycles. The van der Waals surface area contributed by atoms with E-state index in [1.807, 2.05) is 0 Å². The molecule has 134 valence electrons. The predicted molar refractivity (Wildman–Crippen MR) is 96.8 cm³/mol. The Morgan fingerprint density at radius 2 is 1.96 bits per heavy atom. The van der Waals surface area contributed by atoms with Gasteiger partial charge >= 0.3 is 5.69 Å². The van der Waals surface area contributed by atoms with Gasteiger partial charge in [0.1, 0.15) is 5.82 Å². The van der Waals surface area contributed by atoms with E-state index >= 15 is 0 Å². The van der Waals surface area contributed by atoms with E-state index in [0.717, 1.165) is 4.57 Å². The molecule has 0 aliphatic rings. The quantitative estimate of drug-likeness (QED) is 0.753. The molecule has 0 aliphatic heterocycles. The van der Waals surface area contributed by atoms with Gasteiger partial charge in [-0.05, 0) is 38.1 Å². The highest BCUT2D eigenvalue weighted by molar-refractivity contribution is 5.97. The van der Waals surface area contributed by atoms with Crippen molar-refractivity contribution in [3.8, 4) is 0 Å².